The molecule has 0 spiro atoms. The van der Waals surface area contributed by atoms with E-state index < -0.39 is 0 Å². The van der Waals surface area contributed by atoms with Crippen molar-refractivity contribution in [1.29, 1.82) is 0 Å². The number of nitrogens with one attached hydrogen (secondary N) is 1. The number of para-hydroxylation sites is 1. The van der Waals surface area contributed by atoms with E-state index in [1.165, 1.54) is 38.0 Å². The largest absolute Gasteiger partial charge is 0.493 e. The van der Waals surface area contributed by atoms with Gasteiger partial charge in [0.25, 0.3) is 0 Å². The summed E-state index contributed by atoms with van der Waals surface area (Å²) in [6.07, 6.45) is 2.76. The van der Waals surface area contributed by atoms with Gasteiger partial charge in [-0.3, -0.25) is 0 Å². The summed E-state index contributed by atoms with van der Waals surface area (Å²) < 4.78 is 5.83. The van der Waals surface area contributed by atoms with Crippen LogP contribution in [0.15, 0.2) is 24.3 Å². The molecule has 0 aromatic heterocycles. The van der Waals surface area contributed by atoms with Crippen molar-refractivity contribution in [3.8, 4) is 5.75 Å². The third-order valence-electron chi connectivity index (χ3n) is 4.78. The summed E-state index contributed by atoms with van der Waals surface area (Å²) in [5.74, 6) is 2.28. The highest BCUT2D eigenvalue weighted by molar-refractivity contribution is 5.37. The Balaban J connectivity index is 1.56. The fourth-order valence-corrected chi connectivity index (χ4v) is 3.60. The minimum absolute atomic E-state index is 0.427. The molecule has 116 valence electrons. The molecule has 1 aromatic carbocycles. The predicted molar refractivity (Wildman–Crippen MR) is 86.7 cm³/mol. The van der Waals surface area contributed by atoms with Gasteiger partial charge in [-0.2, -0.15) is 0 Å². The summed E-state index contributed by atoms with van der Waals surface area (Å²) in [6.45, 7) is 10.4. The first-order chi connectivity index (χ1) is 10.2. The second-order valence-corrected chi connectivity index (χ2v) is 6.82. The van der Waals surface area contributed by atoms with Crippen LogP contribution in [-0.2, 0) is 0 Å². The first-order valence-corrected chi connectivity index (χ1v) is 8.41. The maximum absolute atomic E-state index is 5.83. The van der Waals surface area contributed by atoms with Gasteiger partial charge in [-0.1, -0.05) is 32.0 Å². The van der Waals surface area contributed by atoms with Crippen LogP contribution in [0.25, 0.3) is 0 Å². The average molecular weight is 288 g/mol. The van der Waals surface area contributed by atoms with Crippen molar-refractivity contribution in [1.82, 2.24) is 10.2 Å². The molecule has 1 saturated heterocycles. The summed E-state index contributed by atoms with van der Waals surface area (Å²) in [5.41, 5.74) is 1.32. The van der Waals surface area contributed by atoms with Crippen LogP contribution in [-0.4, -0.2) is 37.7 Å². The van der Waals surface area contributed by atoms with E-state index in [9.17, 15) is 0 Å². The number of hydrogen-bond donors (Lipinski definition) is 1. The zero-order valence-corrected chi connectivity index (χ0v) is 13.3. The molecule has 3 heteroatoms. The maximum atomic E-state index is 5.83. The number of likely N-dealkylation sites (tertiary alicyclic amines) is 1. The van der Waals surface area contributed by atoms with E-state index >= 15 is 0 Å². The Morgan fingerprint density at radius 2 is 2.05 bits per heavy atom. The number of fused-ring (bicyclic) bond motifs is 1. The van der Waals surface area contributed by atoms with Gasteiger partial charge in [0, 0.05) is 24.1 Å². The molecule has 0 aliphatic carbocycles. The molecule has 2 heterocycles. The monoisotopic (exact) mass is 288 g/mol. The van der Waals surface area contributed by atoms with Crippen molar-refractivity contribution < 1.29 is 4.74 Å². The quantitative estimate of drug-likeness (QED) is 0.901. The maximum Gasteiger partial charge on any atom is 0.124 e. The van der Waals surface area contributed by atoms with Crippen LogP contribution >= 0.6 is 0 Å². The Morgan fingerprint density at radius 1 is 1.29 bits per heavy atom. The van der Waals surface area contributed by atoms with Gasteiger partial charge < -0.3 is 15.0 Å². The zero-order chi connectivity index (χ0) is 14.7. The Labute approximate surface area is 128 Å². The number of rotatable bonds is 5. The van der Waals surface area contributed by atoms with Gasteiger partial charge in [0.05, 0.1) is 6.61 Å². The Hall–Kier alpha value is -1.06. The molecule has 21 heavy (non-hydrogen) atoms. The van der Waals surface area contributed by atoms with Crippen molar-refractivity contribution in [2.75, 3.05) is 32.8 Å². The molecule has 2 aliphatic rings. The van der Waals surface area contributed by atoms with E-state index in [-0.39, 0.29) is 0 Å². The molecular weight excluding hydrogens is 260 g/mol. The lowest BCUT2D eigenvalue weighted by molar-refractivity contribution is 0.182. The van der Waals surface area contributed by atoms with E-state index in [0.29, 0.717) is 17.9 Å². The molecule has 1 N–H and O–H groups in total. The second-order valence-electron chi connectivity index (χ2n) is 6.82. The molecule has 3 rings (SSSR count). The fraction of sp³-hybridized carbons (Fsp3) is 0.667. The van der Waals surface area contributed by atoms with Crippen LogP contribution in [0.3, 0.4) is 0 Å². The predicted octanol–water partition coefficient (Wildman–Crippen LogP) is 3.08. The Bertz CT molecular complexity index is 456. The molecule has 0 radical (unpaired) electrons. The van der Waals surface area contributed by atoms with Crippen LogP contribution in [0, 0.1) is 11.8 Å². The minimum Gasteiger partial charge on any atom is -0.493 e. The van der Waals surface area contributed by atoms with Gasteiger partial charge in [0.15, 0.2) is 0 Å². The topological polar surface area (TPSA) is 24.5 Å². The summed E-state index contributed by atoms with van der Waals surface area (Å²) in [6, 6.07) is 8.89. The SMILES string of the molecule is CC(CNC1c2ccccc2OCC1C)CN1CCCC1. The van der Waals surface area contributed by atoms with Gasteiger partial charge in [0.1, 0.15) is 5.75 Å². The van der Waals surface area contributed by atoms with E-state index in [2.05, 4.69) is 48.3 Å². The molecular formula is C18H28N2O. The number of benzene rings is 1. The second kappa shape index (κ2) is 6.80. The van der Waals surface area contributed by atoms with E-state index in [1.54, 1.807) is 0 Å². The van der Waals surface area contributed by atoms with E-state index in [0.717, 1.165) is 18.9 Å². The third-order valence-corrected chi connectivity index (χ3v) is 4.78. The van der Waals surface area contributed by atoms with Gasteiger partial charge >= 0.3 is 0 Å². The summed E-state index contributed by atoms with van der Waals surface area (Å²) in [5, 5.41) is 3.79. The van der Waals surface area contributed by atoms with Crippen molar-refractivity contribution in [3.05, 3.63) is 29.8 Å². The Kier molecular flexibility index (Phi) is 4.81. The smallest absolute Gasteiger partial charge is 0.124 e. The number of hydrogen-bond acceptors (Lipinski definition) is 3. The minimum atomic E-state index is 0.427. The van der Waals surface area contributed by atoms with Gasteiger partial charge in [-0.05, 0) is 44.5 Å². The van der Waals surface area contributed by atoms with Crippen LogP contribution < -0.4 is 10.1 Å². The van der Waals surface area contributed by atoms with Gasteiger partial charge in [0.2, 0.25) is 0 Å². The lowest BCUT2D eigenvalue weighted by Gasteiger charge is -2.33. The average Bonchev–Trinajstić information content (AvgIpc) is 2.99. The van der Waals surface area contributed by atoms with Crippen LogP contribution in [0.5, 0.6) is 5.75 Å². The Morgan fingerprint density at radius 3 is 2.86 bits per heavy atom. The summed E-state index contributed by atoms with van der Waals surface area (Å²) in [4.78, 5) is 2.60. The third kappa shape index (κ3) is 3.58. The number of nitrogens with zero attached hydrogens (tertiary/aromatic N) is 1. The highest BCUT2D eigenvalue weighted by atomic mass is 16.5. The first kappa shape index (κ1) is 14.9. The number of ether oxygens (including phenoxy) is 1. The molecule has 3 unspecified atom stereocenters. The van der Waals surface area contributed by atoms with Crippen LogP contribution in [0.4, 0.5) is 0 Å². The molecule has 0 bridgehead atoms. The van der Waals surface area contributed by atoms with Crippen LogP contribution in [0.2, 0.25) is 0 Å². The fourth-order valence-electron chi connectivity index (χ4n) is 3.60. The van der Waals surface area contributed by atoms with E-state index in [4.69, 9.17) is 4.74 Å². The molecule has 2 aliphatic heterocycles. The van der Waals surface area contributed by atoms with Crippen molar-refractivity contribution in [2.45, 2.75) is 32.7 Å². The molecule has 3 atom stereocenters. The van der Waals surface area contributed by atoms with Crippen molar-refractivity contribution in [3.63, 3.8) is 0 Å². The van der Waals surface area contributed by atoms with Crippen LogP contribution in [0.1, 0.15) is 38.3 Å². The standard InChI is InChI=1S/C18H28N2O/c1-14(12-20-9-5-6-10-20)11-19-18-15(2)13-21-17-8-4-3-7-16(17)18/h3-4,7-8,14-15,18-19H,5-6,9-13H2,1-2H3. The summed E-state index contributed by atoms with van der Waals surface area (Å²) in [7, 11) is 0. The van der Waals surface area contributed by atoms with E-state index in [1.807, 2.05) is 0 Å². The van der Waals surface area contributed by atoms with Gasteiger partial charge in [-0.15, -0.1) is 0 Å². The molecule has 1 fully saturated rings. The molecule has 0 amide bonds. The highest BCUT2D eigenvalue weighted by Gasteiger charge is 2.27. The highest BCUT2D eigenvalue weighted by Crippen LogP contribution is 2.34. The van der Waals surface area contributed by atoms with Gasteiger partial charge in [-0.25, -0.2) is 0 Å². The zero-order valence-electron chi connectivity index (χ0n) is 13.3. The molecule has 3 nitrogen and oxygen atoms in total. The first-order valence-electron chi connectivity index (χ1n) is 8.41. The lowest BCUT2D eigenvalue weighted by Crippen LogP contribution is -2.38. The normalized spacial score (nSPS) is 27.1. The van der Waals surface area contributed by atoms with Crippen molar-refractivity contribution in [2.24, 2.45) is 11.8 Å². The van der Waals surface area contributed by atoms with Crippen molar-refractivity contribution >= 4 is 0 Å². The molecule has 1 aromatic rings. The lowest BCUT2D eigenvalue weighted by atomic mass is 9.91. The molecule has 0 saturated carbocycles. The summed E-state index contributed by atoms with van der Waals surface area (Å²) >= 11 is 0.